The summed E-state index contributed by atoms with van der Waals surface area (Å²) in [6.07, 6.45) is -1.33. The van der Waals surface area contributed by atoms with Crippen LogP contribution in [0.5, 0.6) is 0 Å². The summed E-state index contributed by atoms with van der Waals surface area (Å²) in [5, 5.41) is 25.0. The molecule has 11 atom stereocenters. The van der Waals surface area contributed by atoms with E-state index in [1.54, 1.807) is 70.8 Å². The van der Waals surface area contributed by atoms with Crippen LogP contribution in [-0.2, 0) is 63.8 Å². The molecule has 9 amide bonds. The van der Waals surface area contributed by atoms with Gasteiger partial charge in [-0.2, -0.15) is 0 Å². The summed E-state index contributed by atoms with van der Waals surface area (Å²) in [6.45, 7) is 17.9. The molecule has 0 bridgehead atoms. The van der Waals surface area contributed by atoms with Crippen LogP contribution in [0.2, 0.25) is 0 Å². The van der Waals surface area contributed by atoms with Crippen molar-refractivity contribution in [3.05, 3.63) is 35.9 Å². The fourth-order valence-electron chi connectivity index (χ4n) is 9.34. The van der Waals surface area contributed by atoms with Gasteiger partial charge in [-0.15, -0.1) is 0 Å². The quantitative estimate of drug-likeness (QED) is 0.0577. The van der Waals surface area contributed by atoms with E-state index in [1.165, 1.54) is 44.9 Å². The number of likely N-dealkylation sites (N-methyl/N-ethyl adjacent to an activating group) is 2. The number of rotatable bonds is 28. The minimum atomic E-state index is -1.45. The van der Waals surface area contributed by atoms with Crippen LogP contribution in [0.4, 0.5) is 0 Å². The molecule has 22 heteroatoms. The first kappa shape index (κ1) is 63.0. The molecule has 0 saturated carbocycles. The summed E-state index contributed by atoms with van der Waals surface area (Å²) in [6, 6.07) is 2.00. The van der Waals surface area contributed by atoms with Gasteiger partial charge in [-0.1, -0.05) is 85.2 Å². The van der Waals surface area contributed by atoms with Gasteiger partial charge in [-0.05, 0) is 50.0 Å². The lowest BCUT2D eigenvalue weighted by atomic mass is 9.89. The molecule has 410 valence electrons. The third kappa shape index (κ3) is 18.1. The van der Waals surface area contributed by atoms with Gasteiger partial charge < -0.3 is 61.2 Å². The van der Waals surface area contributed by atoms with Gasteiger partial charge in [0.1, 0.15) is 30.2 Å². The fourth-order valence-corrected chi connectivity index (χ4v) is 9.34. The topological polar surface area (TPSA) is 291 Å². The Hall–Kier alpha value is -6.16. The van der Waals surface area contributed by atoms with Crippen molar-refractivity contribution in [2.24, 2.45) is 23.7 Å². The van der Waals surface area contributed by atoms with Crippen molar-refractivity contribution in [2.45, 2.75) is 169 Å². The predicted octanol–water partition coefficient (Wildman–Crippen LogP) is 0.950. The molecule has 1 saturated heterocycles. The second-order valence-electron chi connectivity index (χ2n) is 19.8. The zero-order chi connectivity index (χ0) is 55.6. The van der Waals surface area contributed by atoms with Gasteiger partial charge in [0.15, 0.2) is 6.17 Å². The number of hydrogen-bond acceptors (Lipinski definition) is 12. The zero-order valence-electron chi connectivity index (χ0n) is 45.4. The number of hydrogen-bond donors (Lipinski definition) is 7. The number of nitrogens with zero attached hydrogens (tertiary/aromatic N) is 3. The number of nitrogens with one attached hydrogen (secondary N) is 6. The van der Waals surface area contributed by atoms with Crippen molar-refractivity contribution in [2.75, 3.05) is 34.9 Å². The maximum Gasteiger partial charge on any atom is 0.326 e. The van der Waals surface area contributed by atoms with E-state index < -0.39 is 132 Å². The Balaban J connectivity index is 2.27. The highest BCUT2D eigenvalue weighted by Crippen LogP contribution is 2.30. The lowest BCUT2D eigenvalue weighted by Crippen LogP contribution is -2.62. The molecule has 1 aliphatic rings. The molecule has 7 N–H and O–H groups in total. The maximum atomic E-state index is 14.7. The van der Waals surface area contributed by atoms with Crippen LogP contribution in [0.15, 0.2) is 30.3 Å². The smallest absolute Gasteiger partial charge is 0.326 e. The summed E-state index contributed by atoms with van der Waals surface area (Å²) in [7, 11) is 5.92. The van der Waals surface area contributed by atoms with Gasteiger partial charge >= 0.3 is 5.97 Å². The van der Waals surface area contributed by atoms with Crippen molar-refractivity contribution in [3.8, 4) is 0 Å². The number of methoxy groups -OCH3 is 2. The average Bonchev–Trinajstić information content (AvgIpc) is 3.81. The van der Waals surface area contributed by atoms with Crippen molar-refractivity contribution in [1.29, 1.82) is 0 Å². The monoisotopic (exact) mass is 1030 g/mol. The third-order valence-corrected chi connectivity index (χ3v) is 13.5. The standard InChI is InChI=1S/C51H83N9O13/c1-16-29(6)42(38(72-14)26-39(63)60-24-20-23-37(60)43(73-15)30(7)45(64)56-36(51(70)71)25-35-21-18-17-19-22-35)59(13)50(69)40(27(2)3)57-47(66)41(28(4)5)58(12)49(68)32(9)53-46(65)31(8)52-48(67)44(54-33(10)61)55-34(11)62/h17-19,21-22,27-32,36-38,40-44H,16,20,23-26H2,1-15H3,(H,52,67)(H,53,65)(H,54,61)(H,55,62)(H,56,64)(H,57,66)(H,70,71)/t29-,30+,31-,32-,36-,37-,38+,40-,41-,42-,43+/m0/s1. The molecule has 1 aromatic carbocycles. The highest BCUT2D eigenvalue weighted by molar-refractivity contribution is 5.97. The fraction of sp³-hybridized carbons (Fsp3) is 0.686. The number of carboxylic acids is 1. The first-order valence-corrected chi connectivity index (χ1v) is 25.0. The lowest BCUT2D eigenvalue weighted by Gasteiger charge is -2.41. The first-order valence-electron chi connectivity index (χ1n) is 25.0. The molecule has 1 fully saturated rings. The summed E-state index contributed by atoms with van der Waals surface area (Å²) >= 11 is 0. The number of carbonyl (C=O) groups is 10. The second kappa shape index (κ2) is 29.5. The second-order valence-corrected chi connectivity index (χ2v) is 19.8. The number of ether oxygens (including phenoxy) is 2. The Kier molecular flexibility index (Phi) is 25.5. The molecule has 22 nitrogen and oxygen atoms in total. The van der Waals surface area contributed by atoms with E-state index in [2.05, 4.69) is 31.9 Å². The zero-order valence-corrected chi connectivity index (χ0v) is 45.4. The Morgan fingerprint density at radius 1 is 0.699 bits per heavy atom. The van der Waals surface area contributed by atoms with E-state index in [0.717, 1.165) is 19.4 Å². The Morgan fingerprint density at radius 3 is 1.77 bits per heavy atom. The van der Waals surface area contributed by atoms with Crippen molar-refractivity contribution in [1.82, 2.24) is 46.6 Å². The predicted molar refractivity (Wildman–Crippen MR) is 271 cm³/mol. The molecule has 1 heterocycles. The summed E-state index contributed by atoms with van der Waals surface area (Å²) in [5.74, 6) is -8.53. The molecular weight excluding hydrogens is 947 g/mol. The van der Waals surface area contributed by atoms with E-state index in [9.17, 15) is 53.1 Å². The van der Waals surface area contributed by atoms with Crippen LogP contribution < -0.4 is 31.9 Å². The van der Waals surface area contributed by atoms with E-state index in [0.29, 0.717) is 25.8 Å². The van der Waals surface area contributed by atoms with Gasteiger partial charge in [-0.25, -0.2) is 4.79 Å². The maximum absolute atomic E-state index is 14.7. The van der Waals surface area contributed by atoms with Crippen LogP contribution in [0.25, 0.3) is 0 Å². The first-order chi connectivity index (χ1) is 34.1. The van der Waals surface area contributed by atoms with E-state index >= 15 is 0 Å². The minimum absolute atomic E-state index is 0.0806. The van der Waals surface area contributed by atoms with Gasteiger partial charge in [0.2, 0.25) is 47.3 Å². The Morgan fingerprint density at radius 2 is 1.27 bits per heavy atom. The average molecular weight is 1030 g/mol. The van der Waals surface area contributed by atoms with Crippen LogP contribution in [0.3, 0.4) is 0 Å². The summed E-state index contributed by atoms with van der Waals surface area (Å²) < 4.78 is 11.9. The number of amides is 9. The van der Waals surface area contributed by atoms with Crippen molar-refractivity contribution < 1.29 is 62.5 Å². The van der Waals surface area contributed by atoms with Gasteiger partial charge in [0.05, 0.1) is 36.6 Å². The molecule has 0 aliphatic carbocycles. The minimum Gasteiger partial charge on any atom is -0.480 e. The SMILES string of the molecule is CC[C@H](C)[C@@H]([C@@H](CC(=O)N1CCC[C@H]1[C@H](OC)[C@@H](C)C(=O)N[C@@H](Cc1ccccc1)C(=O)O)OC)N(C)C(=O)[C@@H](NC(=O)[C@H](C(C)C)N(C)C(=O)[C@H](C)NC(=O)[C@H](C)NC(=O)C(NC(C)=O)NC(C)=O)C(C)C. The van der Waals surface area contributed by atoms with Gasteiger partial charge in [-0.3, -0.25) is 43.2 Å². The van der Waals surface area contributed by atoms with E-state index in [1.807, 2.05) is 19.9 Å². The Bertz CT molecular complexity index is 2060. The molecule has 1 aliphatic heterocycles. The number of benzene rings is 1. The summed E-state index contributed by atoms with van der Waals surface area (Å²) in [5.41, 5.74) is 0.744. The summed E-state index contributed by atoms with van der Waals surface area (Å²) in [4.78, 5) is 136. The molecule has 0 radical (unpaired) electrons. The molecular formula is C51H83N9O13. The van der Waals surface area contributed by atoms with Gasteiger partial charge in [0.25, 0.3) is 5.91 Å². The van der Waals surface area contributed by atoms with Crippen molar-refractivity contribution >= 4 is 59.1 Å². The van der Waals surface area contributed by atoms with Crippen molar-refractivity contribution in [3.63, 3.8) is 0 Å². The number of aliphatic carboxylic acids is 1. The number of carbonyl (C=O) groups excluding carboxylic acids is 9. The largest absolute Gasteiger partial charge is 0.480 e. The highest BCUT2D eigenvalue weighted by Gasteiger charge is 2.44. The highest BCUT2D eigenvalue weighted by atomic mass is 16.5. The molecule has 0 aromatic heterocycles. The van der Waals surface area contributed by atoms with Crippen LogP contribution in [0, 0.1) is 23.7 Å². The lowest BCUT2D eigenvalue weighted by molar-refractivity contribution is -0.149. The molecule has 0 unspecified atom stereocenters. The number of carboxylic acid groups (broad SMARTS) is 1. The molecule has 73 heavy (non-hydrogen) atoms. The number of likely N-dealkylation sites (tertiary alicyclic amines) is 1. The molecule has 1 aromatic rings. The van der Waals surface area contributed by atoms with Crippen LogP contribution in [0.1, 0.15) is 107 Å². The van der Waals surface area contributed by atoms with E-state index in [4.69, 9.17) is 9.47 Å². The Labute approximate surface area is 430 Å². The molecule has 0 spiro atoms. The van der Waals surface area contributed by atoms with Crippen LogP contribution >= 0.6 is 0 Å². The molecule has 2 rings (SSSR count). The normalized spacial score (nSPS) is 17.6. The van der Waals surface area contributed by atoms with Crippen LogP contribution in [-0.4, -0.2) is 174 Å². The third-order valence-electron chi connectivity index (χ3n) is 13.5. The van der Waals surface area contributed by atoms with E-state index in [-0.39, 0.29) is 24.7 Å². The van der Waals surface area contributed by atoms with Gasteiger partial charge in [0, 0.05) is 55.1 Å².